The summed E-state index contributed by atoms with van der Waals surface area (Å²) in [5.74, 6) is 0.577. The number of para-hydroxylation sites is 3. The van der Waals surface area contributed by atoms with Crippen molar-refractivity contribution >= 4 is 108 Å². The number of benzene rings is 9. The standard InChI is InChI=1S/C56H32N4OS/c1-3-15-33(16-4-1)52-51-43-32-35(28-30-47(43)61-55(51)58-56(57-52)60-44-24-12-9-19-37(44)38-20-10-13-25-45(38)60)34-27-29-46-42(31-34)49-39-21-7-8-22-40(39)50-41-23-11-14-26-48(41)62-54(50)53(49)59(46)36-17-5-2-6-18-36/h1-32H. The fraction of sp³-hybridized carbons (Fsp3) is 0. The van der Waals surface area contributed by atoms with Gasteiger partial charge in [-0.05, 0) is 76.5 Å². The quantitative estimate of drug-likeness (QED) is 0.178. The number of thiophene rings is 1. The summed E-state index contributed by atoms with van der Waals surface area (Å²) in [6, 6.07) is 69.4. The highest BCUT2D eigenvalue weighted by atomic mass is 32.1. The Bertz CT molecular complexity index is 4100. The van der Waals surface area contributed by atoms with Crippen LogP contribution in [-0.4, -0.2) is 19.1 Å². The van der Waals surface area contributed by atoms with Gasteiger partial charge in [0.25, 0.3) is 0 Å². The van der Waals surface area contributed by atoms with Gasteiger partial charge in [-0.15, -0.1) is 11.3 Å². The summed E-state index contributed by atoms with van der Waals surface area (Å²) in [6.07, 6.45) is 0. The van der Waals surface area contributed by atoms with Gasteiger partial charge in [0.15, 0.2) is 0 Å². The Hall–Kier alpha value is -8.06. The lowest BCUT2D eigenvalue weighted by atomic mass is 9.97. The third-order valence-corrected chi connectivity index (χ3v) is 13.9. The van der Waals surface area contributed by atoms with Crippen LogP contribution in [0.2, 0.25) is 0 Å². The minimum absolute atomic E-state index is 0.558. The molecule has 0 atom stereocenters. The van der Waals surface area contributed by atoms with Crippen molar-refractivity contribution in [2.24, 2.45) is 0 Å². The largest absolute Gasteiger partial charge is 0.437 e. The van der Waals surface area contributed by atoms with Crippen LogP contribution in [0.3, 0.4) is 0 Å². The van der Waals surface area contributed by atoms with Crippen LogP contribution < -0.4 is 0 Å². The van der Waals surface area contributed by atoms with Crippen molar-refractivity contribution in [2.75, 3.05) is 0 Å². The Balaban J connectivity index is 1.04. The zero-order valence-electron chi connectivity index (χ0n) is 33.1. The molecule has 0 N–H and O–H groups in total. The minimum atomic E-state index is 0.558. The van der Waals surface area contributed by atoms with Gasteiger partial charge in [-0.3, -0.25) is 4.57 Å². The first-order valence-corrected chi connectivity index (χ1v) is 21.7. The molecule has 0 saturated carbocycles. The van der Waals surface area contributed by atoms with Crippen LogP contribution in [0.1, 0.15) is 0 Å². The summed E-state index contributed by atoms with van der Waals surface area (Å²) >= 11 is 1.89. The molecular weight excluding hydrogens is 777 g/mol. The van der Waals surface area contributed by atoms with E-state index in [2.05, 4.69) is 197 Å². The maximum atomic E-state index is 6.70. The molecule has 0 radical (unpaired) electrons. The van der Waals surface area contributed by atoms with Crippen LogP contribution in [0.25, 0.3) is 131 Å². The summed E-state index contributed by atoms with van der Waals surface area (Å²) in [4.78, 5) is 10.6. The van der Waals surface area contributed by atoms with Crippen molar-refractivity contribution in [1.29, 1.82) is 0 Å². The molecule has 0 aliphatic heterocycles. The molecule has 62 heavy (non-hydrogen) atoms. The molecule has 9 aromatic carbocycles. The van der Waals surface area contributed by atoms with Crippen molar-refractivity contribution in [3.8, 4) is 34.0 Å². The highest BCUT2D eigenvalue weighted by Gasteiger charge is 2.24. The lowest BCUT2D eigenvalue weighted by Crippen LogP contribution is -2.02. The van der Waals surface area contributed by atoms with Gasteiger partial charge in [0.2, 0.25) is 11.7 Å². The molecule has 0 spiro atoms. The Morgan fingerprint density at radius 1 is 0.403 bits per heavy atom. The molecule has 0 saturated heterocycles. The monoisotopic (exact) mass is 808 g/mol. The molecule has 0 bridgehead atoms. The third kappa shape index (κ3) is 4.67. The maximum Gasteiger partial charge on any atom is 0.238 e. The van der Waals surface area contributed by atoms with Gasteiger partial charge < -0.3 is 8.98 Å². The second-order valence-electron chi connectivity index (χ2n) is 16.1. The predicted molar refractivity (Wildman–Crippen MR) is 259 cm³/mol. The van der Waals surface area contributed by atoms with E-state index in [1.54, 1.807) is 0 Å². The predicted octanol–water partition coefficient (Wildman–Crippen LogP) is 15.4. The molecule has 14 aromatic rings. The summed E-state index contributed by atoms with van der Waals surface area (Å²) in [6.45, 7) is 0. The van der Waals surface area contributed by atoms with Gasteiger partial charge >= 0.3 is 0 Å². The fourth-order valence-electron chi connectivity index (χ4n) is 10.1. The minimum Gasteiger partial charge on any atom is -0.437 e. The Morgan fingerprint density at radius 2 is 0.984 bits per heavy atom. The normalized spacial score (nSPS) is 12.2. The van der Waals surface area contributed by atoms with E-state index in [0.29, 0.717) is 11.7 Å². The lowest BCUT2D eigenvalue weighted by Gasteiger charge is -2.10. The number of rotatable bonds is 4. The first kappa shape index (κ1) is 33.7. The van der Waals surface area contributed by atoms with Crippen molar-refractivity contribution in [3.63, 3.8) is 0 Å². The summed E-state index contributed by atoms with van der Waals surface area (Å²) in [5, 5.41) is 11.9. The number of furan rings is 1. The fourth-order valence-corrected chi connectivity index (χ4v) is 11.3. The Labute approximate surface area is 358 Å². The molecule has 0 aliphatic carbocycles. The average molecular weight is 809 g/mol. The van der Waals surface area contributed by atoms with E-state index < -0.39 is 0 Å². The molecular formula is C56H32N4OS. The van der Waals surface area contributed by atoms with Crippen LogP contribution in [-0.2, 0) is 0 Å². The van der Waals surface area contributed by atoms with Gasteiger partial charge in [0.05, 0.1) is 37.8 Å². The van der Waals surface area contributed by atoms with E-state index in [4.69, 9.17) is 14.4 Å². The van der Waals surface area contributed by atoms with Crippen molar-refractivity contribution in [2.45, 2.75) is 0 Å². The first-order chi connectivity index (χ1) is 30.8. The van der Waals surface area contributed by atoms with E-state index in [0.717, 1.165) is 66.2 Å². The van der Waals surface area contributed by atoms with E-state index in [1.807, 2.05) is 17.4 Å². The van der Waals surface area contributed by atoms with Crippen molar-refractivity contribution in [1.82, 2.24) is 19.1 Å². The highest BCUT2D eigenvalue weighted by Crippen LogP contribution is 2.49. The van der Waals surface area contributed by atoms with E-state index in [1.165, 1.54) is 52.8 Å². The summed E-state index contributed by atoms with van der Waals surface area (Å²) in [5.41, 5.74) is 11.1. The highest BCUT2D eigenvalue weighted by molar-refractivity contribution is 7.27. The zero-order chi connectivity index (χ0) is 40.5. The summed E-state index contributed by atoms with van der Waals surface area (Å²) < 4.78 is 13.9. The lowest BCUT2D eigenvalue weighted by molar-refractivity contribution is 0.651. The van der Waals surface area contributed by atoms with Crippen LogP contribution in [0.4, 0.5) is 0 Å². The molecule has 5 heterocycles. The molecule has 288 valence electrons. The van der Waals surface area contributed by atoms with Gasteiger partial charge in [-0.1, -0.05) is 140 Å². The number of aromatic nitrogens is 4. The zero-order valence-corrected chi connectivity index (χ0v) is 33.9. The molecule has 0 amide bonds. The second-order valence-corrected chi connectivity index (χ2v) is 17.1. The van der Waals surface area contributed by atoms with Crippen molar-refractivity contribution < 1.29 is 4.42 Å². The maximum absolute atomic E-state index is 6.70. The van der Waals surface area contributed by atoms with Crippen LogP contribution in [0, 0.1) is 0 Å². The van der Waals surface area contributed by atoms with E-state index >= 15 is 0 Å². The SMILES string of the molecule is c1ccc(-c2nc(-n3c4ccccc4c4ccccc43)nc3oc4ccc(-c5ccc6c(c5)c5c7ccccc7c7c8ccccc8sc7c5n6-c5ccccc5)cc4c23)cc1. The molecule has 5 aromatic heterocycles. The number of nitrogens with zero attached hydrogens (tertiary/aromatic N) is 4. The van der Waals surface area contributed by atoms with Crippen LogP contribution in [0.15, 0.2) is 199 Å². The Kier molecular flexibility index (Phi) is 6.92. The van der Waals surface area contributed by atoms with Crippen LogP contribution in [0.5, 0.6) is 0 Å². The molecule has 0 aliphatic rings. The van der Waals surface area contributed by atoms with Gasteiger partial charge in [-0.25, -0.2) is 4.98 Å². The van der Waals surface area contributed by atoms with Gasteiger partial charge in [0, 0.05) is 53.7 Å². The van der Waals surface area contributed by atoms with Gasteiger partial charge in [0.1, 0.15) is 5.58 Å². The smallest absolute Gasteiger partial charge is 0.238 e. The average Bonchev–Trinajstić information content (AvgIpc) is 4.09. The van der Waals surface area contributed by atoms with Crippen LogP contribution >= 0.6 is 11.3 Å². The second kappa shape index (κ2) is 12.7. The molecule has 0 unspecified atom stereocenters. The first-order valence-electron chi connectivity index (χ1n) is 20.9. The number of hydrogen-bond acceptors (Lipinski definition) is 4. The third-order valence-electron chi connectivity index (χ3n) is 12.7. The molecule has 6 heteroatoms. The topological polar surface area (TPSA) is 48.8 Å². The van der Waals surface area contributed by atoms with Crippen molar-refractivity contribution in [3.05, 3.63) is 194 Å². The van der Waals surface area contributed by atoms with E-state index in [-0.39, 0.29) is 0 Å². The van der Waals surface area contributed by atoms with Gasteiger partial charge in [-0.2, -0.15) is 4.98 Å². The summed E-state index contributed by atoms with van der Waals surface area (Å²) in [7, 11) is 0. The Morgan fingerprint density at radius 3 is 1.73 bits per heavy atom. The molecule has 5 nitrogen and oxygen atoms in total. The number of fused-ring (bicyclic) bond motifs is 16. The molecule has 0 fully saturated rings. The molecule has 14 rings (SSSR count). The van der Waals surface area contributed by atoms with E-state index in [9.17, 15) is 0 Å². The number of hydrogen-bond donors (Lipinski definition) is 0.